The summed E-state index contributed by atoms with van der Waals surface area (Å²) in [5.41, 5.74) is 3.50. The number of hydrogen-bond donors (Lipinski definition) is 0. The third-order valence-electron chi connectivity index (χ3n) is 4.73. The van der Waals surface area contributed by atoms with E-state index in [-0.39, 0.29) is 18.2 Å². The van der Waals surface area contributed by atoms with E-state index in [9.17, 15) is 4.79 Å². The lowest BCUT2D eigenvalue weighted by atomic mass is 9.85. The van der Waals surface area contributed by atoms with E-state index in [1.807, 2.05) is 25.7 Å². The number of fused-ring (bicyclic) bond motifs is 2. The second kappa shape index (κ2) is 6.83. The molecule has 1 aromatic carbocycles. The first-order chi connectivity index (χ1) is 11.8. The molecule has 25 heavy (non-hydrogen) atoms. The van der Waals surface area contributed by atoms with Gasteiger partial charge in [-0.2, -0.15) is 0 Å². The summed E-state index contributed by atoms with van der Waals surface area (Å²) in [4.78, 5) is 14.5. The van der Waals surface area contributed by atoms with Crippen LogP contribution in [-0.2, 0) is 9.47 Å². The van der Waals surface area contributed by atoms with E-state index in [4.69, 9.17) is 9.47 Å². The minimum atomic E-state index is -0.486. The fraction of sp³-hybridized carbons (Fsp3) is 0.571. The van der Waals surface area contributed by atoms with Gasteiger partial charge < -0.3 is 9.47 Å². The highest BCUT2D eigenvalue weighted by atomic mass is 16.6. The summed E-state index contributed by atoms with van der Waals surface area (Å²) in [7, 11) is 0. The molecule has 2 bridgehead atoms. The van der Waals surface area contributed by atoms with E-state index in [0.717, 1.165) is 6.42 Å². The van der Waals surface area contributed by atoms with Crippen molar-refractivity contribution >= 4 is 11.7 Å². The van der Waals surface area contributed by atoms with Crippen molar-refractivity contribution in [2.75, 3.05) is 13.2 Å². The Kier molecular flexibility index (Phi) is 4.92. The highest BCUT2D eigenvalue weighted by Crippen LogP contribution is 2.36. The summed E-state index contributed by atoms with van der Waals surface area (Å²) in [6, 6.07) is 8.56. The topological polar surface area (TPSA) is 38.8 Å². The number of carbonyl (C=O) groups excluding carboxylic acids is 1. The van der Waals surface area contributed by atoms with E-state index in [0.29, 0.717) is 19.1 Å². The van der Waals surface area contributed by atoms with E-state index in [2.05, 4.69) is 44.2 Å². The van der Waals surface area contributed by atoms with Crippen LogP contribution in [0.25, 0.3) is 5.57 Å². The van der Waals surface area contributed by atoms with Gasteiger partial charge in [-0.1, -0.05) is 44.2 Å². The molecule has 2 atom stereocenters. The molecule has 2 heterocycles. The van der Waals surface area contributed by atoms with Crippen LogP contribution >= 0.6 is 0 Å². The number of ether oxygens (including phenoxy) is 2. The molecule has 2 aliphatic rings. The normalized spacial score (nSPS) is 23.4. The Balaban J connectivity index is 1.91. The SMILES string of the molecule is CC(C)c1ccccc1C1=CC2COCC(C1)N2C(=O)OC(C)(C)C. The standard InChI is InChI=1S/C21H29NO3/c1-14(2)18-8-6-7-9-19(18)15-10-16-12-24-13-17(11-15)22(16)20(23)25-21(3,4)5/h6-10,14,16-17H,11-13H2,1-5H3. The van der Waals surface area contributed by atoms with Crippen LogP contribution in [0.2, 0.25) is 0 Å². The summed E-state index contributed by atoms with van der Waals surface area (Å²) >= 11 is 0. The van der Waals surface area contributed by atoms with Crippen molar-refractivity contribution in [1.82, 2.24) is 4.90 Å². The second-order valence-electron chi connectivity index (χ2n) is 8.28. The molecule has 1 saturated heterocycles. The van der Waals surface area contributed by atoms with Crippen LogP contribution in [0.4, 0.5) is 4.79 Å². The monoisotopic (exact) mass is 343 g/mol. The van der Waals surface area contributed by atoms with E-state index in [1.165, 1.54) is 16.7 Å². The van der Waals surface area contributed by atoms with E-state index >= 15 is 0 Å². The van der Waals surface area contributed by atoms with Gasteiger partial charge in [0.25, 0.3) is 0 Å². The summed E-state index contributed by atoms with van der Waals surface area (Å²) in [5.74, 6) is 0.470. The Hall–Kier alpha value is -1.81. The minimum absolute atomic E-state index is 0.0359. The number of morpholine rings is 1. The highest BCUT2D eigenvalue weighted by molar-refractivity contribution is 5.76. The molecular formula is C21H29NO3. The van der Waals surface area contributed by atoms with Crippen molar-refractivity contribution in [2.24, 2.45) is 0 Å². The average Bonchev–Trinajstić information content (AvgIpc) is 2.51. The number of benzene rings is 1. The third kappa shape index (κ3) is 3.90. The Morgan fingerprint density at radius 3 is 2.60 bits per heavy atom. The zero-order valence-electron chi connectivity index (χ0n) is 15.9. The molecule has 0 aliphatic carbocycles. The van der Waals surface area contributed by atoms with Crippen LogP contribution in [-0.4, -0.2) is 41.9 Å². The molecule has 0 aromatic heterocycles. The van der Waals surface area contributed by atoms with Crippen LogP contribution in [0.3, 0.4) is 0 Å². The van der Waals surface area contributed by atoms with Gasteiger partial charge in [-0.25, -0.2) is 4.79 Å². The van der Waals surface area contributed by atoms with Gasteiger partial charge in [-0.15, -0.1) is 0 Å². The maximum Gasteiger partial charge on any atom is 0.411 e. The van der Waals surface area contributed by atoms with Crippen molar-refractivity contribution in [3.05, 3.63) is 41.5 Å². The summed E-state index contributed by atoms with van der Waals surface area (Å²) in [5, 5.41) is 0. The van der Waals surface area contributed by atoms with Gasteiger partial charge in [0.2, 0.25) is 0 Å². The molecule has 1 amide bonds. The lowest BCUT2D eigenvalue weighted by molar-refractivity contribution is -0.0510. The molecule has 1 aromatic rings. The van der Waals surface area contributed by atoms with Crippen molar-refractivity contribution in [3.8, 4) is 0 Å². The number of hydrogen-bond acceptors (Lipinski definition) is 3. The maximum absolute atomic E-state index is 12.7. The van der Waals surface area contributed by atoms with Crippen molar-refractivity contribution in [2.45, 2.75) is 64.6 Å². The van der Waals surface area contributed by atoms with Gasteiger partial charge in [0.1, 0.15) is 5.60 Å². The number of nitrogens with zero attached hydrogens (tertiary/aromatic N) is 1. The van der Waals surface area contributed by atoms with Gasteiger partial charge in [0.05, 0.1) is 25.3 Å². The minimum Gasteiger partial charge on any atom is -0.444 e. The first-order valence-corrected chi connectivity index (χ1v) is 9.15. The fourth-order valence-electron chi connectivity index (χ4n) is 3.69. The maximum atomic E-state index is 12.7. The third-order valence-corrected chi connectivity index (χ3v) is 4.73. The smallest absolute Gasteiger partial charge is 0.411 e. The summed E-state index contributed by atoms with van der Waals surface area (Å²) in [6.07, 6.45) is 2.76. The molecule has 4 heteroatoms. The molecule has 1 fully saturated rings. The van der Waals surface area contributed by atoms with E-state index in [1.54, 1.807) is 0 Å². The van der Waals surface area contributed by atoms with Gasteiger partial charge in [0.15, 0.2) is 0 Å². The molecule has 4 nitrogen and oxygen atoms in total. The predicted molar refractivity (Wildman–Crippen MR) is 99.6 cm³/mol. The Labute approximate surface area is 150 Å². The fourth-order valence-corrected chi connectivity index (χ4v) is 3.69. The number of carbonyl (C=O) groups is 1. The largest absolute Gasteiger partial charge is 0.444 e. The number of amides is 1. The molecule has 2 unspecified atom stereocenters. The molecule has 136 valence electrons. The molecule has 0 radical (unpaired) electrons. The van der Waals surface area contributed by atoms with Gasteiger partial charge in [0, 0.05) is 0 Å². The first kappa shape index (κ1) is 18.0. The van der Waals surface area contributed by atoms with Crippen LogP contribution < -0.4 is 0 Å². The molecule has 2 aliphatic heterocycles. The molecule has 0 spiro atoms. The second-order valence-corrected chi connectivity index (χ2v) is 8.28. The zero-order valence-corrected chi connectivity index (χ0v) is 15.9. The van der Waals surface area contributed by atoms with Crippen LogP contribution in [0, 0.1) is 0 Å². The first-order valence-electron chi connectivity index (χ1n) is 9.15. The lowest BCUT2D eigenvalue weighted by Crippen LogP contribution is -2.57. The van der Waals surface area contributed by atoms with Gasteiger partial charge in [-0.05, 0) is 49.8 Å². The molecule has 0 saturated carbocycles. The molecule has 0 N–H and O–H groups in total. The van der Waals surface area contributed by atoms with Crippen LogP contribution in [0.15, 0.2) is 30.3 Å². The van der Waals surface area contributed by atoms with Crippen LogP contribution in [0.1, 0.15) is 58.1 Å². The summed E-state index contributed by atoms with van der Waals surface area (Å²) < 4.78 is 11.3. The van der Waals surface area contributed by atoms with Crippen molar-refractivity contribution in [1.29, 1.82) is 0 Å². The van der Waals surface area contributed by atoms with Crippen molar-refractivity contribution < 1.29 is 14.3 Å². The van der Waals surface area contributed by atoms with E-state index < -0.39 is 5.60 Å². The number of rotatable bonds is 2. The van der Waals surface area contributed by atoms with Crippen molar-refractivity contribution in [3.63, 3.8) is 0 Å². The lowest BCUT2D eigenvalue weighted by Gasteiger charge is -2.45. The quantitative estimate of drug-likeness (QED) is 0.787. The predicted octanol–water partition coefficient (Wildman–Crippen LogP) is 4.60. The Morgan fingerprint density at radius 1 is 1.24 bits per heavy atom. The van der Waals surface area contributed by atoms with Gasteiger partial charge >= 0.3 is 6.09 Å². The Bertz CT molecular complexity index is 672. The zero-order chi connectivity index (χ0) is 18.2. The molecule has 3 rings (SSSR count). The average molecular weight is 343 g/mol. The Morgan fingerprint density at radius 2 is 1.96 bits per heavy atom. The summed E-state index contributed by atoms with van der Waals surface area (Å²) in [6.45, 7) is 11.3. The highest BCUT2D eigenvalue weighted by Gasteiger charge is 2.40. The van der Waals surface area contributed by atoms with Crippen LogP contribution in [0.5, 0.6) is 0 Å². The van der Waals surface area contributed by atoms with Gasteiger partial charge in [-0.3, -0.25) is 4.90 Å². The molecular weight excluding hydrogens is 314 g/mol.